The van der Waals surface area contributed by atoms with Crippen molar-refractivity contribution < 1.29 is 24.2 Å². The van der Waals surface area contributed by atoms with Crippen LogP contribution in [0, 0.1) is 0 Å². The minimum atomic E-state index is -0.974. The number of benzene rings is 4. The number of amides is 1. The van der Waals surface area contributed by atoms with E-state index in [1.807, 2.05) is 63.6 Å². The van der Waals surface area contributed by atoms with Crippen molar-refractivity contribution in [1.82, 2.24) is 50.2 Å². The molecule has 0 aliphatic carbocycles. The third-order valence-corrected chi connectivity index (χ3v) is 8.67. The molecular formula is C42H44N10O5. The quantitative estimate of drug-likeness (QED) is 0.105. The number of hydrogen-bond donors (Lipinski definition) is 4. The van der Waals surface area contributed by atoms with E-state index < -0.39 is 5.97 Å². The number of aromatic carboxylic acids is 1. The molecule has 8 rings (SSSR count). The van der Waals surface area contributed by atoms with E-state index in [1.165, 1.54) is 23.1 Å². The molecule has 0 aliphatic rings. The summed E-state index contributed by atoms with van der Waals surface area (Å²) in [5.41, 5.74) is 6.70. The Hall–Kier alpha value is -7.26. The summed E-state index contributed by atoms with van der Waals surface area (Å²) in [6.07, 6.45) is 10.6. The molecule has 4 heterocycles. The normalized spacial score (nSPS) is 10.7. The zero-order chi connectivity index (χ0) is 40.1. The van der Waals surface area contributed by atoms with Crippen LogP contribution in [0.3, 0.4) is 0 Å². The summed E-state index contributed by atoms with van der Waals surface area (Å²) >= 11 is 0. The van der Waals surface area contributed by atoms with E-state index in [0.717, 1.165) is 39.9 Å². The molecule has 0 saturated carbocycles. The van der Waals surface area contributed by atoms with Crippen molar-refractivity contribution in [2.45, 2.75) is 26.9 Å². The van der Waals surface area contributed by atoms with Crippen LogP contribution in [-0.4, -0.2) is 89.1 Å². The predicted molar refractivity (Wildman–Crippen MR) is 217 cm³/mol. The van der Waals surface area contributed by atoms with Crippen LogP contribution in [0.25, 0.3) is 33.2 Å². The van der Waals surface area contributed by atoms with E-state index in [-0.39, 0.29) is 11.5 Å². The monoisotopic (exact) mass is 768 g/mol. The van der Waals surface area contributed by atoms with Crippen LogP contribution in [-0.2, 0) is 13.1 Å². The first kappa shape index (κ1) is 39.4. The van der Waals surface area contributed by atoms with Crippen LogP contribution >= 0.6 is 0 Å². The Labute approximate surface area is 328 Å². The fourth-order valence-electron chi connectivity index (χ4n) is 6.00. The van der Waals surface area contributed by atoms with Crippen molar-refractivity contribution in [3.63, 3.8) is 0 Å². The topological polar surface area (TPSA) is 181 Å². The van der Waals surface area contributed by atoms with Crippen molar-refractivity contribution in [3.05, 3.63) is 144 Å². The van der Waals surface area contributed by atoms with Crippen LogP contribution in [0.1, 0.15) is 45.7 Å². The predicted octanol–water partition coefficient (Wildman–Crippen LogP) is 6.67. The Balaban J connectivity index is 0.000000160. The zero-order valence-electron chi connectivity index (χ0n) is 32.1. The highest BCUT2D eigenvalue weighted by molar-refractivity contribution is 5.95. The van der Waals surface area contributed by atoms with Gasteiger partial charge in [0.05, 0.1) is 42.2 Å². The molecule has 0 aliphatic heterocycles. The number of ether oxygens (including phenoxy) is 2. The first-order valence-electron chi connectivity index (χ1n) is 18.3. The zero-order valence-corrected chi connectivity index (χ0v) is 32.1. The molecule has 0 bridgehead atoms. The molecule has 4 aromatic carbocycles. The number of carboxylic acids is 1. The third kappa shape index (κ3) is 9.89. The second-order valence-electron chi connectivity index (χ2n) is 12.7. The number of carboxylic acid groups (broad SMARTS) is 1. The largest absolute Gasteiger partial charge is 0.492 e. The molecule has 0 unspecified atom stereocenters. The summed E-state index contributed by atoms with van der Waals surface area (Å²) in [5.74, 6) is 0.0968. The van der Waals surface area contributed by atoms with Gasteiger partial charge in [0, 0.05) is 61.3 Å². The van der Waals surface area contributed by atoms with E-state index in [1.54, 1.807) is 70.4 Å². The third-order valence-electron chi connectivity index (χ3n) is 8.67. The van der Waals surface area contributed by atoms with E-state index in [2.05, 4.69) is 54.1 Å². The van der Waals surface area contributed by atoms with Gasteiger partial charge in [0.2, 0.25) is 0 Å². The van der Waals surface area contributed by atoms with E-state index in [9.17, 15) is 9.59 Å². The summed E-state index contributed by atoms with van der Waals surface area (Å²) in [5, 5.41) is 36.4. The van der Waals surface area contributed by atoms with Gasteiger partial charge in [0.1, 0.15) is 22.9 Å². The number of rotatable bonds is 12. The molecule has 57 heavy (non-hydrogen) atoms. The standard InChI is InChI=1S/C21H21N5O2.C12H12N2O3.C9H11N3/c1-3-28-20-12-16(6-8-19(20)26-10-4-9-23-26)21(27)25(2)14-15-5-7-18-17(11-15)13-22-24-18;1-2-17-11-8-9(12(15)16)4-5-10(11)14-7-3-6-13-14;1-10-5-7-2-3-9-8(4-7)6-11-12-9/h4-13H,3,14H2,1-2H3,(H,22,24);3-8H,2H2,1H3,(H,15,16);2-4,6,10H,5H2,1H3,(H,11,12). The van der Waals surface area contributed by atoms with Gasteiger partial charge >= 0.3 is 5.97 Å². The van der Waals surface area contributed by atoms with Crippen molar-refractivity contribution in [1.29, 1.82) is 0 Å². The highest BCUT2D eigenvalue weighted by Crippen LogP contribution is 2.26. The lowest BCUT2D eigenvalue weighted by Gasteiger charge is -2.19. The van der Waals surface area contributed by atoms with Gasteiger partial charge in [-0.05, 0) is 105 Å². The van der Waals surface area contributed by atoms with Gasteiger partial charge in [-0.2, -0.15) is 20.4 Å². The molecule has 0 atom stereocenters. The van der Waals surface area contributed by atoms with Gasteiger partial charge in [-0.1, -0.05) is 12.1 Å². The Kier molecular flexibility index (Phi) is 13.0. The Morgan fingerprint density at radius 1 is 0.737 bits per heavy atom. The van der Waals surface area contributed by atoms with Gasteiger partial charge in [0.15, 0.2) is 0 Å². The van der Waals surface area contributed by atoms with Crippen molar-refractivity contribution >= 4 is 33.7 Å². The molecule has 0 spiro atoms. The van der Waals surface area contributed by atoms with Gasteiger partial charge in [-0.25, -0.2) is 14.2 Å². The second kappa shape index (κ2) is 18.9. The molecule has 4 aromatic heterocycles. The molecule has 0 fully saturated rings. The van der Waals surface area contributed by atoms with Crippen LogP contribution in [0.2, 0.25) is 0 Å². The fraction of sp³-hybridized carbons (Fsp3) is 0.190. The molecule has 15 heteroatoms. The molecule has 292 valence electrons. The fourth-order valence-corrected chi connectivity index (χ4v) is 6.00. The summed E-state index contributed by atoms with van der Waals surface area (Å²) < 4.78 is 14.5. The van der Waals surface area contributed by atoms with Crippen LogP contribution in [0.4, 0.5) is 0 Å². The average molecular weight is 769 g/mol. The van der Waals surface area contributed by atoms with Crippen molar-refractivity contribution in [2.24, 2.45) is 0 Å². The summed E-state index contributed by atoms with van der Waals surface area (Å²) in [6.45, 7) is 6.15. The maximum Gasteiger partial charge on any atom is 0.335 e. The van der Waals surface area contributed by atoms with Gasteiger partial charge in [-0.15, -0.1) is 0 Å². The number of fused-ring (bicyclic) bond motifs is 2. The number of carbonyl (C=O) groups excluding carboxylic acids is 1. The molecular weight excluding hydrogens is 725 g/mol. The molecule has 8 aromatic rings. The Morgan fingerprint density at radius 2 is 1.26 bits per heavy atom. The van der Waals surface area contributed by atoms with Gasteiger partial charge < -0.3 is 24.8 Å². The molecule has 1 amide bonds. The minimum Gasteiger partial charge on any atom is -0.492 e. The minimum absolute atomic E-state index is 0.0692. The summed E-state index contributed by atoms with van der Waals surface area (Å²) in [7, 11) is 3.74. The number of aromatic amines is 2. The SMILES string of the molecule is CCOc1cc(C(=O)N(C)Cc2ccc3[nH]ncc3c2)ccc1-n1cccn1.CCOc1cc(C(=O)O)ccc1-n1cccn1.CNCc1ccc2[nH]ncc2c1. The van der Waals surface area contributed by atoms with Gasteiger partial charge in [-0.3, -0.25) is 15.0 Å². The Morgan fingerprint density at radius 3 is 1.77 bits per heavy atom. The van der Waals surface area contributed by atoms with E-state index in [0.29, 0.717) is 36.8 Å². The average Bonchev–Trinajstić information content (AvgIpc) is 4.07. The molecule has 15 nitrogen and oxygen atoms in total. The van der Waals surface area contributed by atoms with Gasteiger partial charge in [0.25, 0.3) is 5.91 Å². The number of nitrogens with zero attached hydrogens (tertiary/aromatic N) is 7. The number of hydrogen-bond acceptors (Lipinski definition) is 9. The lowest BCUT2D eigenvalue weighted by Crippen LogP contribution is -2.26. The van der Waals surface area contributed by atoms with Crippen LogP contribution in [0.15, 0.2) is 122 Å². The summed E-state index contributed by atoms with van der Waals surface area (Å²) in [6, 6.07) is 26.1. The lowest BCUT2D eigenvalue weighted by molar-refractivity contribution is 0.0695. The highest BCUT2D eigenvalue weighted by Gasteiger charge is 2.16. The molecule has 4 N–H and O–H groups in total. The van der Waals surface area contributed by atoms with Crippen molar-refractivity contribution in [2.75, 3.05) is 27.3 Å². The molecule has 0 radical (unpaired) electrons. The number of aromatic nitrogens is 8. The molecule has 0 saturated heterocycles. The van der Waals surface area contributed by atoms with Crippen LogP contribution < -0.4 is 14.8 Å². The maximum atomic E-state index is 12.9. The van der Waals surface area contributed by atoms with Crippen LogP contribution in [0.5, 0.6) is 11.5 Å². The number of carbonyl (C=O) groups is 2. The first-order valence-corrected chi connectivity index (χ1v) is 18.3. The smallest absolute Gasteiger partial charge is 0.335 e. The van der Waals surface area contributed by atoms with E-state index in [4.69, 9.17) is 14.6 Å². The summed E-state index contributed by atoms with van der Waals surface area (Å²) in [4.78, 5) is 25.5. The first-order chi connectivity index (χ1) is 27.8. The highest BCUT2D eigenvalue weighted by atomic mass is 16.5. The van der Waals surface area contributed by atoms with E-state index >= 15 is 0 Å². The maximum absolute atomic E-state index is 12.9. The second-order valence-corrected chi connectivity index (χ2v) is 12.7. The lowest BCUT2D eigenvalue weighted by atomic mass is 10.1. The number of H-pyrrole nitrogens is 2. The number of nitrogens with one attached hydrogen (secondary N) is 3. The van der Waals surface area contributed by atoms with Crippen molar-refractivity contribution in [3.8, 4) is 22.9 Å². The Bertz CT molecular complexity index is 2530.